The summed E-state index contributed by atoms with van der Waals surface area (Å²) in [4.78, 5) is 19.8. The largest absolute Gasteiger partial charge is 0.373 e. The number of benzene rings is 1. The Hall–Kier alpha value is -1.55. The first-order valence-corrected chi connectivity index (χ1v) is 11.7. The van der Waals surface area contributed by atoms with Crippen molar-refractivity contribution < 1.29 is 9.90 Å². The van der Waals surface area contributed by atoms with Crippen molar-refractivity contribution in [3.63, 3.8) is 0 Å². The molecule has 0 bridgehead atoms. The van der Waals surface area contributed by atoms with Gasteiger partial charge in [0.25, 0.3) is 0 Å². The number of thiazole rings is 1. The van der Waals surface area contributed by atoms with Gasteiger partial charge in [-0.3, -0.25) is 9.69 Å². The summed E-state index contributed by atoms with van der Waals surface area (Å²) in [6.45, 7) is 2.42. The van der Waals surface area contributed by atoms with E-state index < -0.39 is 6.23 Å². The van der Waals surface area contributed by atoms with Crippen LogP contribution in [0.4, 0.5) is 5.00 Å². The Balaban J connectivity index is 1.19. The lowest BCUT2D eigenvalue weighted by Crippen LogP contribution is -2.46. The number of rotatable bonds is 5. The van der Waals surface area contributed by atoms with Crippen LogP contribution in [0.5, 0.6) is 0 Å². The number of hydrogen-bond acceptors (Lipinski definition) is 7. The molecule has 0 aliphatic carbocycles. The number of hydrogen-bond donors (Lipinski definition) is 3. The highest BCUT2D eigenvalue weighted by Gasteiger charge is 2.35. The third-order valence-corrected chi connectivity index (χ3v) is 7.93. The van der Waals surface area contributed by atoms with Crippen molar-refractivity contribution in [3.05, 3.63) is 45.2 Å². The molecule has 3 N–H and O–H groups in total. The monoisotopic (exact) mass is 448 g/mol. The summed E-state index contributed by atoms with van der Waals surface area (Å²) in [5.74, 6) is 0.332. The number of aliphatic hydroxyl groups is 1. The van der Waals surface area contributed by atoms with Crippen LogP contribution in [0.1, 0.15) is 34.9 Å². The Morgan fingerprint density at radius 3 is 2.97 bits per heavy atom. The normalized spacial score (nSPS) is 21.4. The molecule has 152 valence electrons. The van der Waals surface area contributed by atoms with Gasteiger partial charge in [0.05, 0.1) is 31.1 Å². The van der Waals surface area contributed by atoms with Crippen molar-refractivity contribution in [2.45, 2.75) is 31.0 Å². The molecule has 0 radical (unpaired) electrons. The van der Waals surface area contributed by atoms with E-state index in [2.05, 4.69) is 10.6 Å². The molecule has 2 aromatic heterocycles. The summed E-state index contributed by atoms with van der Waals surface area (Å²) in [5.41, 5.74) is 0.976. The molecule has 1 amide bonds. The van der Waals surface area contributed by atoms with Crippen molar-refractivity contribution in [2.75, 3.05) is 25.0 Å². The topological polar surface area (TPSA) is 77.5 Å². The van der Waals surface area contributed by atoms with E-state index in [1.165, 1.54) is 11.3 Å². The number of nitrogens with zero attached hydrogens (tertiary/aromatic N) is 2. The number of halogens is 1. The average Bonchev–Trinajstić information content (AvgIpc) is 3.40. The van der Waals surface area contributed by atoms with E-state index in [-0.39, 0.29) is 11.9 Å². The summed E-state index contributed by atoms with van der Waals surface area (Å²) in [6, 6.07) is 9.41. The number of likely N-dealkylation sites (tertiary alicyclic amines) is 1. The van der Waals surface area contributed by atoms with Crippen molar-refractivity contribution in [3.8, 4) is 0 Å². The van der Waals surface area contributed by atoms with Gasteiger partial charge < -0.3 is 15.7 Å². The van der Waals surface area contributed by atoms with Crippen LogP contribution < -0.4 is 10.6 Å². The zero-order chi connectivity index (χ0) is 20.0. The molecule has 6 nitrogen and oxygen atoms in total. The molecule has 9 heteroatoms. The highest BCUT2D eigenvalue weighted by molar-refractivity contribution is 7.18. The third-order valence-electron chi connectivity index (χ3n) is 5.48. The Morgan fingerprint density at radius 2 is 2.17 bits per heavy atom. The van der Waals surface area contributed by atoms with Gasteiger partial charge in [-0.05, 0) is 49.7 Å². The molecule has 3 aromatic rings. The first-order valence-electron chi connectivity index (χ1n) is 9.69. The second-order valence-electron chi connectivity index (χ2n) is 7.53. The van der Waals surface area contributed by atoms with Crippen LogP contribution in [0.3, 0.4) is 0 Å². The molecule has 2 fully saturated rings. The van der Waals surface area contributed by atoms with Crippen LogP contribution >= 0.6 is 34.3 Å². The molecule has 1 unspecified atom stereocenters. The lowest BCUT2D eigenvalue weighted by atomic mass is 10.0. The number of carbonyl (C=O) groups is 1. The number of anilines is 1. The van der Waals surface area contributed by atoms with Crippen LogP contribution in [0.15, 0.2) is 30.3 Å². The number of carbonyl (C=O) groups excluding carboxylic acids is 1. The van der Waals surface area contributed by atoms with Crippen LogP contribution in [0.25, 0.3) is 10.2 Å². The second-order valence-corrected chi connectivity index (χ2v) is 10.1. The first-order chi connectivity index (χ1) is 14.1. The molecule has 0 saturated carbocycles. The van der Waals surface area contributed by atoms with E-state index in [9.17, 15) is 9.90 Å². The van der Waals surface area contributed by atoms with E-state index in [1.807, 2.05) is 35.2 Å². The SMILES string of the molecule is O=C(Nc1ccc(C(O)N2CC(c3nc4ccc(Cl)cc4s3)C2)s1)[C@@H]1CCCN1. The highest BCUT2D eigenvalue weighted by Crippen LogP contribution is 2.39. The minimum Gasteiger partial charge on any atom is -0.373 e. The molecule has 5 rings (SSSR count). The zero-order valence-electron chi connectivity index (χ0n) is 15.6. The molecule has 2 atom stereocenters. The number of aliphatic hydroxyl groups excluding tert-OH is 1. The van der Waals surface area contributed by atoms with Crippen molar-refractivity contribution >= 4 is 55.4 Å². The van der Waals surface area contributed by atoms with Gasteiger partial charge in [0.1, 0.15) is 6.23 Å². The number of aromatic nitrogens is 1. The summed E-state index contributed by atoms with van der Waals surface area (Å²) >= 11 is 9.17. The number of fused-ring (bicyclic) bond motifs is 1. The maximum Gasteiger partial charge on any atom is 0.242 e. The van der Waals surface area contributed by atoms with Gasteiger partial charge in [-0.1, -0.05) is 11.6 Å². The summed E-state index contributed by atoms with van der Waals surface area (Å²) < 4.78 is 1.10. The second kappa shape index (κ2) is 7.94. The highest BCUT2D eigenvalue weighted by atomic mass is 35.5. The molecule has 2 aliphatic heterocycles. The van der Waals surface area contributed by atoms with Gasteiger partial charge in [-0.25, -0.2) is 4.98 Å². The molecular formula is C20H21ClN4O2S2. The maximum atomic E-state index is 12.2. The van der Waals surface area contributed by atoms with Crippen LogP contribution in [-0.2, 0) is 4.79 Å². The minimum absolute atomic E-state index is 0.00495. The quantitative estimate of drug-likeness (QED) is 0.553. The zero-order valence-corrected chi connectivity index (χ0v) is 18.0. The Labute approximate surface area is 181 Å². The Morgan fingerprint density at radius 1 is 1.31 bits per heavy atom. The molecule has 29 heavy (non-hydrogen) atoms. The van der Waals surface area contributed by atoms with Crippen LogP contribution in [-0.4, -0.2) is 46.6 Å². The number of thiophene rings is 1. The van der Waals surface area contributed by atoms with Crippen molar-refractivity contribution in [1.82, 2.24) is 15.2 Å². The Kier molecular flexibility index (Phi) is 5.32. The smallest absolute Gasteiger partial charge is 0.242 e. The lowest BCUT2D eigenvalue weighted by Gasteiger charge is -2.40. The van der Waals surface area contributed by atoms with Crippen molar-refractivity contribution in [1.29, 1.82) is 0 Å². The van der Waals surface area contributed by atoms with Gasteiger partial charge in [0, 0.05) is 24.0 Å². The lowest BCUT2D eigenvalue weighted by molar-refractivity contribution is -0.117. The van der Waals surface area contributed by atoms with Gasteiger partial charge in [-0.2, -0.15) is 0 Å². The standard InChI is InChI=1S/C20H21ClN4O2S2/c21-12-3-4-13-16(8-12)29-19(23-13)11-9-25(10-11)20(27)15-5-6-17(28-15)24-18(26)14-2-1-7-22-14/h3-6,8,11,14,20,22,27H,1-2,7,9-10H2,(H,24,26)/t14-,20?/m0/s1. The van der Waals surface area contributed by atoms with E-state index in [4.69, 9.17) is 16.6 Å². The molecule has 0 spiro atoms. The minimum atomic E-state index is -0.657. The fourth-order valence-electron chi connectivity index (χ4n) is 3.82. The fourth-order valence-corrected chi connectivity index (χ4v) is 6.07. The van der Waals surface area contributed by atoms with E-state index >= 15 is 0 Å². The molecule has 1 aromatic carbocycles. The van der Waals surface area contributed by atoms with Crippen molar-refractivity contribution in [2.24, 2.45) is 0 Å². The Bertz CT molecular complexity index is 1040. The summed E-state index contributed by atoms with van der Waals surface area (Å²) in [5, 5.41) is 19.5. The molecule has 2 saturated heterocycles. The van der Waals surface area contributed by atoms with Gasteiger partial charge in [-0.15, -0.1) is 22.7 Å². The van der Waals surface area contributed by atoms with E-state index in [0.717, 1.165) is 62.6 Å². The molecule has 4 heterocycles. The first kappa shape index (κ1) is 19.4. The molecular weight excluding hydrogens is 428 g/mol. The summed E-state index contributed by atoms with van der Waals surface area (Å²) in [7, 11) is 0. The van der Waals surface area contributed by atoms with E-state index in [1.54, 1.807) is 11.3 Å². The van der Waals surface area contributed by atoms with E-state index in [0.29, 0.717) is 5.92 Å². The third kappa shape index (κ3) is 3.93. The number of amides is 1. The maximum absolute atomic E-state index is 12.2. The number of nitrogens with one attached hydrogen (secondary N) is 2. The van der Waals surface area contributed by atoms with Gasteiger partial charge >= 0.3 is 0 Å². The van der Waals surface area contributed by atoms with Gasteiger partial charge in [0.2, 0.25) is 5.91 Å². The molecule has 2 aliphatic rings. The van der Waals surface area contributed by atoms with Gasteiger partial charge in [0.15, 0.2) is 0 Å². The predicted octanol–water partition coefficient (Wildman–Crippen LogP) is 3.79. The van der Waals surface area contributed by atoms with Crippen LogP contribution in [0, 0.1) is 0 Å². The summed E-state index contributed by atoms with van der Waals surface area (Å²) in [6.07, 6.45) is 1.25. The average molecular weight is 449 g/mol. The van der Waals surface area contributed by atoms with Crippen LogP contribution in [0.2, 0.25) is 5.02 Å². The fraction of sp³-hybridized carbons (Fsp3) is 0.400. The predicted molar refractivity (Wildman–Crippen MR) is 118 cm³/mol.